The molecule has 0 unspecified atom stereocenters. The molecule has 0 amide bonds. The minimum atomic E-state index is 0.140. The third-order valence-electron chi connectivity index (χ3n) is 2.22. The van der Waals surface area contributed by atoms with Crippen molar-refractivity contribution in [3.05, 3.63) is 34.2 Å². The van der Waals surface area contributed by atoms with Crippen LogP contribution in [-0.4, -0.2) is 0 Å². The normalized spacial score (nSPS) is 12.3. The van der Waals surface area contributed by atoms with Gasteiger partial charge in [-0.3, -0.25) is 0 Å². The topological polar surface area (TPSA) is 0 Å². The third kappa shape index (κ3) is 1.55. The van der Waals surface area contributed by atoms with Gasteiger partial charge in [0.2, 0.25) is 0 Å². The summed E-state index contributed by atoms with van der Waals surface area (Å²) in [5.41, 5.74) is 0.140. The minimum Gasteiger partial charge on any atom is -0.138 e. The van der Waals surface area contributed by atoms with Crippen LogP contribution in [-0.2, 0) is 5.41 Å². The van der Waals surface area contributed by atoms with Gasteiger partial charge < -0.3 is 0 Å². The molecular weight excluding hydrogens is 212 g/mol. The maximum Gasteiger partial charge on any atom is 0.0629 e. The number of hydrogen-bond acceptors (Lipinski definition) is 1. The van der Waals surface area contributed by atoms with Crippen molar-refractivity contribution in [2.24, 2.45) is 0 Å². The number of halogens is 1. The van der Waals surface area contributed by atoms with Crippen LogP contribution in [0.25, 0.3) is 10.1 Å². The molecule has 0 saturated heterocycles. The Hall–Kier alpha value is -0.530. The molecule has 0 fully saturated rings. The van der Waals surface area contributed by atoms with Gasteiger partial charge in [-0.05, 0) is 11.5 Å². The Balaban J connectivity index is 2.75. The highest BCUT2D eigenvalue weighted by atomic mass is 35.5. The lowest BCUT2D eigenvalue weighted by Gasteiger charge is -2.16. The summed E-state index contributed by atoms with van der Waals surface area (Å²) < 4.78 is 1.28. The molecule has 0 N–H and O–H groups in total. The molecule has 0 nitrogen and oxygen atoms in total. The number of rotatable bonds is 0. The number of fused-ring (bicyclic) bond motifs is 1. The summed E-state index contributed by atoms with van der Waals surface area (Å²) in [6.07, 6.45) is 0. The SMILES string of the molecule is CC(C)(C)c1sc2ccccc2c1Cl. The Morgan fingerprint density at radius 1 is 1.14 bits per heavy atom. The maximum atomic E-state index is 6.35. The summed E-state index contributed by atoms with van der Waals surface area (Å²) in [7, 11) is 0. The highest BCUT2D eigenvalue weighted by molar-refractivity contribution is 7.20. The van der Waals surface area contributed by atoms with E-state index in [1.807, 2.05) is 6.07 Å². The van der Waals surface area contributed by atoms with Gasteiger partial charge in [-0.1, -0.05) is 50.6 Å². The van der Waals surface area contributed by atoms with Crippen LogP contribution < -0.4 is 0 Å². The smallest absolute Gasteiger partial charge is 0.0629 e. The number of hydrogen-bond donors (Lipinski definition) is 0. The Morgan fingerprint density at radius 3 is 2.36 bits per heavy atom. The molecule has 14 heavy (non-hydrogen) atoms. The minimum absolute atomic E-state index is 0.140. The molecule has 0 bridgehead atoms. The van der Waals surface area contributed by atoms with Crippen molar-refractivity contribution in [3.8, 4) is 0 Å². The van der Waals surface area contributed by atoms with Crippen LogP contribution in [0.2, 0.25) is 5.02 Å². The zero-order valence-electron chi connectivity index (χ0n) is 8.60. The van der Waals surface area contributed by atoms with Crippen molar-refractivity contribution in [2.45, 2.75) is 26.2 Å². The Labute approximate surface area is 93.5 Å². The summed E-state index contributed by atoms with van der Waals surface area (Å²) in [5, 5.41) is 2.11. The molecule has 74 valence electrons. The van der Waals surface area contributed by atoms with E-state index in [-0.39, 0.29) is 5.41 Å². The van der Waals surface area contributed by atoms with Crippen molar-refractivity contribution in [2.75, 3.05) is 0 Å². The van der Waals surface area contributed by atoms with Crippen LogP contribution in [0.5, 0.6) is 0 Å². The van der Waals surface area contributed by atoms with Gasteiger partial charge in [-0.15, -0.1) is 11.3 Å². The van der Waals surface area contributed by atoms with Gasteiger partial charge >= 0.3 is 0 Å². The quantitative estimate of drug-likeness (QED) is 0.600. The van der Waals surface area contributed by atoms with E-state index < -0.39 is 0 Å². The van der Waals surface area contributed by atoms with Crippen LogP contribution in [0.4, 0.5) is 0 Å². The van der Waals surface area contributed by atoms with Crippen molar-refractivity contribution in [3.63, 3.8) is 0 Å². The van der Waals surface area contributed by atoms with E-state index in [1.165, 1.54) is 15.0 Å². The first-order valence-corrected chi connectivity index (χ1v) is 5.87. The lowest BCUT2D eigenvalue weighted by molar-refractivity contribution is 0.604. The van der Waals surface area contributed by atoms with Crippen LogP contribution >= 0.6 is 22.9 Å². The van der Waals surface area contributed by atoms with Gasteiger partial charge in [0.25, 0.3) is 0 Å². The second-order valence-corrected chi connectivity index (χ2v) is 5.92. The van der Waals surface area contributed by atoms with Gasteiger partial charge in [0.05, 0.1) is 5.02 Å². The highest BCUT2D eigenvalue weighted by Crippen LogP contribution is 2.41. The molecule has 2 rings (SSSR count). The van der Waals surface area contributed by atoms with Gasteiger partial charge in [-0.25, -0.2) is 0 Å². The molecule has 0 aliphatic heterocycles. The molecule has 2 aromatic rings. The van der Waals surface area contributed by atoms with Crippen molar-refractivity contribution in [1.29, 1.82) is 0 Å². The van der Waals surface area contributed by atoms with Crippen molar-refractivity contribution >= 4 is 33.0 Å². The summed E-state index contributed by atoms with van der Waals surface area (Å²) in [6, 6.07) is 8.31. The lowest BCUT2D eigenvalue weighted by Crippen LogP contribution is -2.08. The Bertz CT molecular complexity index is 463. The fourth-order valence-corrected chi connectivity index (χ4v) is 3.27. The Morgan fingerprint density at radius 2 is 1.79 bits per heavy atom. The van der Waals surface area contributed by atoms with Crippen LogP contribution in [0.15, 0.2) is 24.3 Å². The summed E-state index contributed by atoms with van der Waals surface area (Å²) in [4.78, 5) is 1.28. The van der Waals surface area contributed by atoms with Crippen molar-refractivity contribution in [1.82, 2.24) is 0 Å². The predicted molar refractivity (Wildman–Crippen MR) is 65.5 cm³/mol. The summed E-state index contributed by atoms with van der Waals surface area (Å²) in [5.74, 6) is 0. The van der Waals surface area contributed by atoms with Gasteiger partial charge in [-0.2, -0.15) is 0 Å². The molecular formula is C12H13ClS. The summed E-state index contributed by atoms with van der Waals surface area (Å²) in [6.45, 7) is 6.59. The highest BCUT2D eigenvalue weighted by Gasteiger charge is 2.21. The number of thiophene rings is 1. The van der Waals surface area contributed by atoms with E-state index >= 15 is 0 Å². The fraction of sp³-hybridized carbons (Fsp3) is 0.333. The maximum absolute atomic E-state index is 6.35. The fourth-order valence-electron chi connectivity index (χ4n) is 1.50. The Kier molecular flexibility index (Phi) is 2.32. The van der Waals surface area contributed by atoms with Gasteiger partial charge in [0.15, 0.2) is 0 Å². The average molecular weight is 225 g/mol. The van der Waals surface area contributed by atoms with E-state index in [0.29, 0.717) is 0 Å². The molecule has 0 saturated carbocycles. The second kappa shape index (κ2) is 3.25. The van der Waals surface area contributed by atoms with E-state index in [0.717, 1.165) is 5.02 Å². The van der Waals surface area contributed by atoms with E-state index in [1.54, 1.807) is 11.3 Å². The molecule has 0 aliphatic rings. The first kappa shape index (κ1) is 10.0. The van der Waals surface area contributed by atoms with Gasteiger partial charge in [0, 0.05) is 15.0 Å². The van der Waals surface area contributed by atoms with E-state index in [9.17, 15) is 0 Å². The number of benzene rings is 1. The standard InChI is InChI=1S/C12H13ClS/c1-12(2,3)11-10(13)8-6-4-5-7-9(8)14-11/h4-7H,1-3H3. The monoisotopic (exact) mass is 224 g/mol. The molecule has 0 radical (unpaired) electrons. The molecule has 0 atom stereocenters. The van der Waals surface area contributed by atoms with Crippen LogP contribution in [0, 0.1) is 0 Å². The third-order valence-corrected chi connectivity index (χ3v) is 4.32. The molecule has 1 aromatic carbocycles. The molecule has 2 heteroatoms. The average Bonchev–Trinajstić information content (AvgIpc) is 2.44. The lowest BCUT2D eigenvalue weighted by atomic mass is 9.94. The summed E-state index contributed by atoms with van der Waals surface area (Å²) >= 11 is 8.15. The zero-order chi connectivity index (χ0) is 10.3. The van der Waals surface area contributed by atoms with E-state index in [2.05, 4.69) is 39.0 Å². The van der Waals surface area contributed by atoms with Crippen LogP contribution in [0.3, 0.4) is 0 Å². The van der Waals surface area contributed by atoms with Gasteiger partial charge in [0.1, 0.15) is 0 Å². The largest absolute Gasteiger partial charge is 0.138 e. The molecule has 0 aliphatic carbocycles. The zero-order valence-corrected chi connectivity index (χ0v) is 10.2. The van der Waals surface area contributed by atoms with E-state index in [4.69, 9.17) is 11.6 Å². The first-order chi connectivity index (χ1) is 6.50. The molecule has 0 spiro atoms. The predicted octanol–water partition coefficient (Wildman–Crippen LogP) is 4.85. The second-order valence-electron chi connectivity index (χ2n) is 4.49. The first-order valence-electron chi connectivity index (χ1n) is 4.67. The van der Waals surface area contributed by atoms with Crippen molar-refractivity contribution < 1.29 is 0 Å². The molecule has 1 heterocycles. The molecule has 1 aromatic heterocycles. The van der Waals surface area contributed by atoms with Crippen LogP contribution in [0.1, 0.15) is 25.6 Å².